The van der Waals surface area contributed by atoms with E-state index in [1.807, 2.05) is 6.07 Å². The Morgan fingerprint density at radius 3 is 2.68 bits per heavy atom. The summed E-state index contributed by atoms with van der Waals surface area (Å²) in [6.07, 6.45) is 7.05. The molecule has 0 spiro atoms. The van der Waals surface area contributed by atoms with Gasteiger partial charge < -0.3 is 10.2 Å². The zero-order valence-corrected chi connectivity index (χ0v) is 15.6. The summed E-state index contributed by atoms with van der Waals surface area (Å²) in [6.45, 7) is 3.32. The third kappa shape index (κ3) is 5.21. The fourth-order valence-electron chi connectivity index (χ4n) is 3.01. The van der Waals surface area contributed by atoms with E-state index in [0.717, 1.165) is 31.7 Å². The number of rotatable bonds is 6. The van der Waals surface area contributed by atoms with Gasteiger partial charge in [-0.05, 0) is 57.1 Å². The number of carbonyl (C=O) groups is 1. The number of anilines is 1. The Morgan fingerprint density at radius 1 is 1.12 bits per heavy atom. The van der Waals surface area contributed by atoms with Crippen LogP contribution in [-0.4, -0.2) is 40.2 Å². The molecule has 0 bridgehead atoms. The molecule has 2 heterocycles. The maximum Gasteiger partial charge on any atom is 0.225 e. The van der Waals surface area contributed by atoms with Gasteiger partial charge in [-0.3, -0.25) is 4.79 Å². The SMILES string of the molecule is O=C(CCCN1CCCCC1)Nc1ccn(-c2ccc(Cl)c(Cl)c2)n1. The summed E-state index contributed by atoms with van der Waals surface area (Å²) in [5.74, 6) is 0.533. The van der Waals surface area contributed by atoms with Crippen LogP contribution in [0.5, 0.6) is 0 Å². The van der Waals surface area contributed by atoms with E-state index >= 15 is 0 Å². The van der Waals surface area contributed by atoms with Gasteiger partial charge in [0.15, 0.2) is 5.82 Å². The maximum atomic E-state index is 12.1. The van der Waals surface area contributed by atoms with E-state index in [-0.39, 0.29) is 5.91 Å². The lowest BCUT2D eigenvalue weighted by molar-refractivity contribution is -0.116. The minimum absolute atomic E-state index is 0.00334. The highest BCUT2D eigenvalue weighted by Crippen LogP contribution is 2.24. The van der Waals surface area contributed by atoms with Crippen molar-refractivity contribution in [3.05, 3.63) is 40.5 Å². The molecule has 1 saturated heterocycles. The summed E-state index contributed by atoms with van der Waals surface area (Å²) in [5.41, 5.74) is 0.792. The zero-order chi connectivity index (χ0) is 17.6. The number of halogens is 2. The van der Waals surface area contributed by atoms with Gasteiger partial charge in [0.25, 0.3) is 0 Å². The topological polar surface area (TPSA) is 50.2 Å². The van der Waals surface area contributed by atoms with Gasteiger partial charge >= 0.3 is 0 Å². The Labute approximate surface area is 157 Å². The molecule has 0 atom stereocenters. The number of benzene rings is 1. The third-order valence-corrected chi connectivity index (χ3v) is 5.09. The highest BCUT2D eigenvalue weighted by molar-refractivity contribution is 6.42. The summed E-state index contributed by atoms with van der Waals surface area (Å²) in [7, 11) is 0. The molecule has 2 aromatic rings. The highest BCUT2D eigenvalue weighted by atomic mass is 35.5. The largest absolute Gasteiger partial charge is 0.309 e. The maximum absolute atomic E-state index is 12.1. The number of nitrogens with zero attached hydrogens (tertiary/aromatic N) is 3. The fraction of sp³-hybridized carbons (Fsp3) is 0.444. The number of aromatic nitrogens is 2. The predicted octanol–water partition coefficient (Wildman–Crippen LogP) is 4.38. The lowest BCUT2D eigenvalue weighted by Crippen LogP contribution is -2.31. The number of hydrogen-bond acceptors (Lipinski definition) is 3. The van der Waals surface area contributed by atoms with E-state index < -0.39 is 0 Å². The molecule has 1 N–H and O–H groups in total. The lowest BCUT2D eigenvalue weighted by Gasteiger charge is -2.26. The van der Waals surface area contributed by atoms with Crippen molar-refractivity contribution in [1.82, 2.24) is 14.7 Å². The summed E-state index contributed by atoms with van der Waals surface area (Å²) in [6, 6.07) is 7.05. The van der Waals surface area contributed by atoms with Gasteiger partial charge in [0, 0.05) is 18.7 Å². The first-order valence-electron chi connectivity index (χ1n) is 8.65. The van der Waals surface area contributed by atoms with Crippen molar-refractivity contribution in [2.24, 2.45) is 0 Å². The minimum Gasteiger partial charge on any atom is -0.309 e. The van der Waals surface area contributed by atoms with Gasteiger partial charge in [0.05, 0.1) is 15.7 Å². The first-order chi connectivity index (χ1) is 12.1. The fourth-order valence-corrected chi connectivity index (χ4v) is 3.31. The average molecular weight is 381 g/mol. The van der Waals surface area contributed by atoms with Crippen molar-refractivity contribution >= 4 is 34.9 Å². The van der Waals surface area contributed by atoms with Crippen LogP contribution in [0.15, 0.2) is 30.5 Å². The molecule has 1 fully saturated rings. The van der Waals surface area contributed by atoms with Gasteiger partial charge in [-0.1, -0.05) is 29.6 Å². The number of piperidine rings is 1. The molecule has 25 heavy (non-hydrogen) atoms. The quantitative estimate of drug-likeness (QED) is 0.808. The molecule has 1 aliphatic rings. The molecular formula is C18H22Cl2N4O. The van der Waals surface area contributed by atoms with Crippen LogP contribution < -0.4 is 5.32 Å². The summed E-state index contributed by atoms with van der Waals surface area (Å²) in [4.78, 5) is 14.5. The van der Waals surface area contributed by atoms with E-state index in [4.69, 9.17) is 23.2 Å². The second-order valence-corrected chi connectivity index (χ2v) is 7.11. The van der Waals surface area contributed by atoms with Crippen LogP contribution in [-0.2, 0) is 4.79 Å². The third-order valence-electron chi connectivity index (χ3n) is 4.35. The number of likely N-dealkylation sites (tertiary alicyclic amines) is 1. The Bertz CT molecular complexity index is 726. The molecular weight excluding hydrogens is 359 g/mol. The molecule has 1 amide bonds. The van der Waals surface area contributed by atoms with Gasteiger partial charge in [0.2, 0.25) is 5.91 Å². The molecule has 1 aromatic heterocycles. The zero-order valence-electron chi connectivity index (χ0n) is 14.0. The van der Waals surface area contributed by atoms with Crippen LogP contribution >= 0.6 is 23.2 Å². The van der Waals surface area contributed by atoms with Crippen molar-refractivity contribution in [2.75, 3.05) is 25.0 Å². The Balaban J connectivity index is 1.48. The smallest absolute Gasteiger partial charge is 0.225 e. The second kappa shape index (κ2) is 8.70. The van der Waals surface area contributed by atoms with E-state index in [9.17, 15) is 4.79 Å². The first kappa shape index (κ1) is 18.2. The molecule has 134 valence electrons. The van der Waals surface area contributed by atoms with E-state index in [1.54, 1.807) is 29.1 Å². The number of nitrogens with one attached hydrogen (secondary N) is 1. The van der Waals surface area contributed by atoms with E-state index in [0.29, 0.717) is 22.3 Å². The second-order valence-electron chi connectivity index (χ2n) is 6.30. The summed E-state index contributed by atoms with van der Waals surface area (Å²) < 4.78 is 1.66. The number of amides is 1. The normalized spacial score (nSPS) is 15.3. The standard InChI is InChI=1S/C18H22Cl2N4O/c19-15-7-6-14(13-16(15)20)24-12-8-17(22-24)21-18(25)5-4-11-23-9-2-1-3-10-23/h6-8,12-13H,1-5,9-11H2,(H,21,22,25). The van der Waals surface area contributed by atoms with Crippen LogP contribution in [0.3, 0.4) is 0 Å². The predicted molar refractivity (Wildman–Crippen MR) is 102 cm³/mol. The van der Waals surface area contributed by atoms with Crippen LogP contribution in [0.2, 0.25) is 10.0 Å². The van der Waals surface area contributed by atoms with Gasteiger partial charge in [-0.25, -0.2) is 4.68 Å². The Kier molecular flexibility index (Phi) is 6.34. The van der Waals surface area contributed by atoms with Crippen LogP contribution in [0.4, 0.5) is 5.82 Å². The monoisotopic (exact) mass is 380 g/mol. The van der Waals surface area contributed by atoms with Crippen molar-refractivity contribution in [2.45, 2.75) is 32.1 Å². The lowest BCUT2D eigenvalue weighted by atomic mass is 10.1. The molecule has 0 radical (unpaired) electrons. The highest BCUT2D eigenvalue weighted by Gasteiger charge is 2.11. The van der Waals surface area contributed by atoms with E-state index in [2.05, 4.69) is 15.3 Å². The molecule has 5 nitrogen and oxygen atoms in total. The number of hydrogen-bond donors (Lipinski definition) is 1. The Morgan fingerprint density at radius 2 is 1.92 bits per heavy atom. The van der Waals surface area contributed by atoms with Crippen LogP contribution in [0.1, 0.15) is 32.1 Å². The summed E-state index contributed by atoms with van der Waals surface area (Å²) >= 11 is 12.0. The average Bonchev–Trinajstić information content (AvgIpc) is 3.06. The minimum atomic E-state index is -0.00334. The van der Waals surface area contributed by atoms with Crippen molar-refractivity contribution in [3.8, 4) is 5.69 Å². The Hall–Kier alpha value is -1.56. The van der Waals surface area contributed by atoms with Crippen molar-refractivity contribution in [3.63, 3.8) is 0 Å². The molecule has 3 rings (SSSR count). The van der Waals surface area contributed by atoms with Gasteiger partial charge in [-0.2, -0.15) is 5.10 Å². The molecule has 7 heteroatoms. The first-order valence-corrected chi connectivity index (χ1v) is 9.41. The molecule has 1 aliphatic heterocycles. The molecule has 1 aromatic carbocycles. The molecule has 0 unspecified atom stereocenters. The van der Waals surface area contributed by atoms with E-state index in [1.165, 1.54) is 19.3 Å². The van der Waals surface area contributed by atoms with Gasteiger partial charge in [0.1, 0.15) is 0 Å². The molecule has 0 saturated carbocycles. The number of carbonyl (C=O) groups excluding carboxylic acids is 1. The van der Waals surface area contributed by atoms with Crippen molar-refractivity contribution < 1.29 is 4.79 Å². The van der Waals surface area contributed by atoms with Gasteiger partial charge in [-0.15, -0.1) is 0 Å². The van der Waals surface area contributed by atoms with Crippen molar-refractivity contribution in [1.29, 1.82) is 0 Å². The van der Waals surface area contributed by atoms with Crippen LogP contribution in [0.25, 0.3) is 5.69 Å². The van der Waals surface area contributed by atoms with Crippen LogP contribution in [0, 0.1) is 0 Å². The molecule has 0 aliphatic carbocycles. The summed E-state index contributed by atoms with van der Waals surface area (Å²) in [5, 5.41) is 8.18.